The van der Waals surface area contributed by atoms with Gasteiger partial charge in [0.25, 0.3) is 0 Å². The summed E-state index contributed by atoms with van der Waals surface area (Å²) in [4.78, 5) is 8.30. The Balaban J connectivity index is 1.74. The van der Waals surface area contributed by atoms with Crippen LogP contribution in [0, 0.1) is 5.82 Å². The normalized spacial score (nSPS) is 21.7. The zero-order valence-electron chi connectivity index (χ0n) is 15.7. The molecule has 0 radical (unpaired) electrons. The largest absolute Gasteiger partial charge is 0.421 e. The van der Waals surface area contributed by atoms with Gasteiger partial charge in [-0.05, 0) is 25.1 Å². The molecule has 160 valence electrons. The lowest BCUT2D eigenvalue weighted by molar-refractivity contribution is -0.259. The molecule has 3 aromatic rings. The summed E-state index contributed by atoms with van der Waals surface area (Å²) in [5, 5.41) is 15.5. The summed E-state index contributed by atoms with van der Waals surface area (Å²) in [7, 11) is 0. The van der Waals surface area contributed by atoms with Gasteiger partial charge in [0.15, 0.2) is 17.2 Å². The fourth-order valence-electron chi connectivity index (χ4n) is 3.27. The highest BCUT2D eigenvalue weighted by Gasteiger charge is 2.51. The Labute approximate surface area is 167 Å². The van der Waals surface area contributed by atoms with Crippen LogP contribution < -0.4 is 10.6 Å². The number of aliphatic hydroxyl groups is 1. The Hall–Kier alpha value is -2.79. The van der Waals surface area contributed by atoms with E-state index in [-0.39, 0.29) is 29.3 Å². The monoisotopic (exact) mass is 427 g/mol. The van der Waals surface area contributed by atoms with Crippen molar-refractivity contribution in [3.05, 3.63) is 48.0 Å². The van der Waals surface area contributed by atoms with Crippen molar-refractivity contribution in [2.45, 2.75) is 30.9 Å². The molecule has 4 heterocycles. The van der Waals surface area contributed by atoms with E-state index in [1.54, 1.807) is 0 Å². The van der Waals surface area contributed by atoms with Crippen molar-refractivity contribution in [3.63, 3.8) is 0 Å². The van der Waals surface area contributed by atoms with Crippen molar-refractivity contribution in [2.24, 2.45) is 0 Å². The summed E-state index contributed by atoms with van der Waals surface area (Å²) in [6.07, 6.45) is -3.61. The van der Waals surface area contributed by atoms with Crippen LogP contribution in [0.3, 0.4) is 0 Å². The quantitative estimate of drug-likeness (QED) is 0.559. The number of rotatable bonds is 4. The van der Waals surface area contributed by atoms with Gasteiger partial charge in [-0.25, -0.2) is 18.7 Å². The molecule has 3 aromatic heterocycles. The van der Waals surface area contributed by atoms with E-state index in [4.69, 9.17) is 0 Å². The number of hydrogen-bond donors (Lipinski definition) is 3. The van der Waals surface area contributed by atoms with Gasteiger partial charge < -0.3 is 15.7 Å². The van der Waals surface area contributed by atoms with Crippen molar-refractivity contribution in [1.82, 2.24) is 19.7 Å². The highest BCUT2D eigenvalue weighted by Crippen LogP contribution is 2.38. The molecule has 3 unspecified atom stereocenters. The highest BCUT2D eigenvalue weighted by molar-refractivity contribution is 5.62. The third-order valence-electron chi connectivity index (χ3n) is 5.19. The van der Waals surface area contributed by atoms with Gasteiger partial charge in [0.2, 0.25) is 0 Å². The van der Waals surface area contributed by atoms with E-state index >= 15 is 0 Å². The molecule has 0 spiro atoms. The predicted molar refractivity (Wildman–Crippen MR) is 99.2 cm³/mol. The van der Waals surface area contributed by atoms with Crippen LogP contribution in [0.2, 0.25) is 0 Å². The van der Waals surface area contributed by atoms with Gasteiger partial charge in [-0.3, -0.25) is 4.40 Å². The zero-order valence-corrected chi connectivity index (χ0v) is 15.7. The number of fused-ring (bicyclic) bond motifs is 1. The van der Waals surface area contributed by atoms with E-state index in [0.717, 1.165) is 18.3 Å². The van der Waals surface area contributed by atoms with Gasteiger partial charge >= 0.3 is 6.18 Å². The van der Waals surface area contributed by atoms with E-state index in [0.29, 0.717) is 19.1 Å². The Morgan fingerprint density at radius 2 is 1.97 bits per heavy atom. The summed E-state index contributed by atoms with van der Waals surface area (Å²) in [5.74, 6) is -0.857. The van der Waals surface area contributed by atoms with E-state index in [9.17, 15) is 27.1 Å². The summed E-state index contributed by atoms with van der Waals surface area (Å²) in [5.41, 5.74) is -2.64. The fraction of sp³-hybridized carbons (Fsp3) is 0.368. The molecule has 0 saturated carbocycles. The Kier molecular flexibility index (Phi) is 4.89. The molecule has 1 aliphatic heterocycles. The minimum Gasteiger partial charge on any atom is -0.376 e. The molecular formula is C19H18F5N5O. The van der Waals surface area contributed by atoms with Crippen molar-refractivity contribution in [3.8, 4) is 11.4 Å². The average molecular weight is 427 g/mol. The van der Waals surface area contributed by atoms with Gasteiger partial charge in [0, 0.05) is 24.8 Å². The molecular weight excluding hydrogens is 409 g/mol. The highest BCUT2D eigenvalue weighted by atomic mass is 19.4. The fourth-order valence-corrected chi connectivity index (χ4v) is 3.27. The van der Waals surface area contributed by atoms with Crippen LogP contribution in [0.1, 0.15) is 12.5 Å². The minimum absolute atomic E-state index is 0.147. The number of hydrogen-bond acceptors (Lipinski definition) is 5. The van der Waals surface area contributed by atoms with Crippen LogP contribution in [0.5, 0.6) is 0 Å². The van der Waals surface area contributed by atoms with Gasteiger partial charge in [0.1, 0.15) is 11.8 Å². The first kappa shape index (κ1) is 20.5. The standard InChI is InChI=1S/C19H18F5N5O/c1-18(30,19(22,23)24)10-2-5-16-26-8-15(29(16)9-10)13-4-3-11(20)17(27-13)28-14-7-25-6-12(14)21/h2-5,8-9,12,14,25,30H,6-7H2,1H3,(H,27,28). The molecule has 0 amide bonds. The summed E-state index contributed by atoms with van der Waals surface area (Å²) < 4.78 is 69.0. The van der Waals surface area contributed by atoms with Crippen LogP contribution in [-0.4, -0.2) is 51.0 Å². The summed E-state index contributed by atoms with van der Waals surface area (Å²) >= 11 is 0. The number of pyridine rings is 2. The number of halogens is 5. The molecule has 4 rings (SSSR count). The zero-order chi connectivity index (χ0) is 21.7. The molecule has 6 nitrogen and oxygen atoms in total. The van der Waals surface area contributed by atoms with Gasteiger partial charge in [-0.2, -0.15) is 13.2 Å². The summed E-state index contributed by atoms with van der Waals surface area (Å²) in [6, 6.07) is 4.30. The Morgan fingerprint density at radius 1 is 1.20 bits per heavy atom. The van der Waals surface area contributed by atoms with E-state index < -0.39 is 29.8 Å². The molecule has 3 atom stereocenters. The Bertz CT molecular complexity index is 1080. The topological polar surface area (TPSA) is 74.5 Å². The number of alkyl halides is 4. The first-order chi connectivity index (χ1) is 14.1. The lowest BCUT2D eigenvalue weighted by Gasteiger charge is -2.26. The third-order valence-corrected chi connectivity index (χ3v) is 5.19. The lowest BCUT2D eigenvalue weighted by Crippen LogP contribution is -2.39. The molecule has 0 bridgehead atoms. The van der Waals surface area contributed by atoms with Gasteiger partial charge in [-0.15, -0.1) is 0 Å². The number of imidazole rings is 1. The molecule has 1 saturated heterocycles. The van der Waals surface area contributed by atoms with Crippen LogP contribution in [-0.2, 0) is 5.60 Å². The second-order valence-electron chi connectivity index (χ2n) is 7.31. The van der Waals surface area contributed by atoms with Crippen LogP contribution in [0.25, 0.3) is 17.0 Å². The molecule has 1 fully saturated rings. The molecule has 11 heteroatoms. The lowest BCUT2D eigenvalue weighted by atomic mass is 9.97. The van der Waals surface area contributed by atoms with Crippen LogP contribution in [0.4, 0.5) is 27.8 Å². The predicted octanol–water partition coefficient (Wildman–Crippen LogP) is 3.03. The average Bonchev–Trinajstić information content (AvgIpc) is 3.28. The Morgan fingerprint density at radius 3 is 2.63 bits per heavy atom. The van der Waals surface area contributed by atoms with Crippen molar-refractivity contribution >= 4 is 11.5 Å². The maximum absolute atomic E-state index is 14.2. The van der Waals surface area contributed by atoms with Crippen molar-refractivity contribution in [1.29, 1.82) is 0 Å². The molecule has 0 aromatic carbocycles. The van der Waals surface area contributed by atoms with E-state index in [2.05, 4.69) is 20.6 Å². The van der Waals surface area contributed by atoms with Gasteiger partial charge in [0.05, 0.1) is 23.6 Å². The SMILES string of the molecule is CC(O)(c1ccc2ncc(-c3ccc(F)c(NC4CNCC4F)n3)n2c1)C(F)(F)F. The van der Waals surface area contributed by atoms with Crippen molar-refractivity contribution in [2.75, 3.05) is 18.4 Å². The molecule has 3 N–H and O–H groups in total. The van der Waals surface area contributed by atoms with Gasteiger partial charge in [-0.1, -0.05) is 6.07 Å². The first-order valence-electron chi connectivity index (χ1n) is 9.13. The third kappa shape index (κ3) is 3.47. The smallest absolute Gasteiger partial charge is 0.376 e. The second kappa shape index (κ2) is 7.17. The van der Waals surface area contributed by atoms with E-state index in [1.807, 2.05) is 0 Å². The minimum atomic E-state index is -4.88. The summed E-state index contributed by atoms with van der Waals surface area (Å²) in [6.45, 7) is 1.11. The first-order valence-corrected chi connectivity index (χ1v) is 9.13. The number of aromatic nitrogens is 3. The maximum Gasteiger partial charge on any atom is 0.421 e. The maximum atomic E-state index is 14.2. The van der Waals surface area contributed by atoms with Crippen LogP contribution in [0.15, 0.2) is 36.7 Å². The number of anilines is 1. The van der Waals surface area contributed by atoms with Crippen LogP contribution >= 0.6 is 0 Å². The number of nitrogens with one attached hydrogen (secondary N) is 2. The van der Waals surface area contributed by atoms with E-state index in [1.165, 1.54) is 22.7 Å². The second-order valence-corrected chi connectivity index (χ2v) is 7.31. The molecule has 30 heavy (non-hydrogen) atoms. The molecule has 1 aliphatic rings. The molecule has 0 aliphatic carbocycles. The number of nitrogens with zero attached hydrogens (tertiary/aromatic N) is 3. The van der Waals surface area contributed by atoms with Crippen molar-refractivity contribution < 1.29 is 27.1 Å².